The summed E-state index contributed by atoms with van der Waals surface area (Å²) >= 11 is 6.85. The molecule has 9 nitrogen and oxygen atoms in total. The predicted octanol–water partition coefficient (Wildman–Crippen LogP) is 3.10. The van der Waals surface area contributed by atoms with Gasteiger partial charge in [0.25, 0.3) is 0 Å². The number of carboxylic acid groups (broad SMARTS) is 1. The van der Waals surface area contributed by atoms with Crippen molar-refractivity contribution < 1.29 is 33.3 Å². The molecule has 1 unspecified atom stereocenters. The molecule has 3 aliphatic rings. The zero-order chi connectivity index (χ0) is 26.5. The molecular formula is C26H29ClFN3O6. The Hall–Kier alpha value is -3.24. The van der Waals surface area contributed by atoms with Crippen LogP contribution in [0.1, 0.15) is 28.8 Å². The number of piperazine rings is 1. The predicted molar refractivity (Wildman–Crippen MR) is 137 cm³/mol. The van der Waals surface area contributed by atoms with Crippen molar-refractivity contribution in [3.63, 3.8) is 0 Å². The monoisotopic (exact) mass is 533 g/mol. The van der Waals surface area contributed by atoms with Gasteiger partial charge in [-0.25, -0.2) is 4.39 Å². The first kappa shape index (κ1) is 25.4. The number of anilines is 2. The van der Waals surface area contributed by atoms with Gasteiger partial charge in [0.15, 0.2) is 22.7 Å². The molecule has 1 saturated carbocycles. The molecule has 0 radical (unpaired) electrons. The van der Waals surface area contributed by atoms with Crippen LogP contribution in [0.3, 0.4) is 0 Å². The fraction of sp³-hybridized carbons (Fsp3) is 0.462. The molecule has 2 fully saturated rings. The van der Waals surface area contributed by atoms with E-state index in [-0.39, 0.29) is 51.7 Å². The molecule has 0 amide bonds. The highest BCUT2D eigenvalue weighted by Gasteiger charge is 2.56. The summed E-state index contributed by atoms with van der Waals surface area (Å²) in [4.78, 5) is 30.9. The molecule has 11 heteroatoms. The van der Waals surface area contributed by atoms with Crippen molar-refractivity contribution in [2.75, 3.05) is 63.9 Å². The standard InChI is InChI=1S/C26H29ClFN3O6/c1-35-18-10-14(11-19(36-2)23(18)37-3)26(25(33)34)13-31(15-4-5-15)21-16(24(26)32)12-17(28)22(20(21)27)30-8-6-29-7-9-30/h10-12,15,29H,4-9,13H2,1-3H3,(H,33,34). The number of nitrogens with one attached hydrogen (secondary N) is 1. The van der Waals surface area contributed by atoms with Gasteiger partial charge < -0.3 is 34.4 Å². The second-order valence-electron chi connectivity index (χ2n) is 9.47. The van der Waals surface area contributed by atoms with Gasteiger partial charge in [-0.15, -0.1) is 0 Å². The van der Waals surface area contributed by atoms with Crippen LogP contribution >= 0.6 is 11.6 Å². The first-order valence-corrected chi connectivity index (χ1v) is 12.5. The topological polar surface area (TPSA) is 101 Å². The summed E-state index contributed by atoms with van der Waals surface area (Å²) in [7, 11) is 4.26. The number of hydrogen-bond donors (Lipinski definition) is 2. The van der Waals surface area contributed by atoms with E-state index in [0.717, 1.165) is 18.9 Å². The molecule has 37 heavy (non-hydrogen) atoms. The van der Waals surface area contributed by atoms with Gasteiger partial charge in [-0.2, -0.15) is 0 Å². The van der Waals surface area contributed by atoms with Crippen LogP contribution in [0, 0.1) is 5.82 Å². The van der Waals surface area contributed by atoms with Gasteiger partial charge in [-0.1, -0.05) is 11.6 Å². The quantitative estimate of drug-likeness (QED) is 0.520. The minimum Gasteiger partial charge on any atom is -0.493 e. The Morgan fingerprint density at radius 1 is 1.08 bits per heavy atom. The molecular weight excluding hydrogens is 505 g/mol. The average molecular weight is 534 g/mol. The highest BCUT2D eigenvalue weighted by molar-refractivity contribution is 6.38. The number of benzene rings is 2. The first-order chi connectivity index (χ1) is 17.8. The van der Waals surface area contributed by atoms with Gasteiger partial charge in [-0.05, 0) is 36.6 Å². The molecule has 2 aromatic rings. The van der Waals surface area contributed by atoms with Crippen LogP contribution in [0.15, 0.2) is 18.2 Å². The van der Waals surface area contributed by atoms with Crippen molar-refractivity contribution in [1.29, 1.82) is 0 Å². The minimum atomic E-state index is -2.05. The highest BCUT2D eigenvalue weighted by Crippen LogP contribution is 2.52. The van der Waals surface area contributed by atoms with Crippen LogP contribution in [0.2, 0.25) is 5.02 Å². The van der Waals surface area contributed by atoms with Crippen LogP contribution < -0.4 is 29.3 Å². The summed E-state index contributed by atoms with van der Waals surface area (Å²) in [6.45, 7) is 2.33. The maximum atomic E-state index is 15.6. The summed E-state index contributed by atoms with van der Waals surface area (Å²) in [6, 6.07) is 4.07. The number of Topliss-reactive ketones (excluding diaryl/α,β-unsaturated/α-hetero) is 1. The van der Waals surface area contributed by atoms with E-state index in [9.17, 15) is 14.7 Å². The number of carbonyl (C=O) groups excluding carboxylic acids is 1. The largest absolute Gasteiger partial charge is 0.493 e. The number of nitrogens with zero attached hydrogens (tertiary/aromatic N) is 2. The van der Waals surface area contributed by atoms with Gasteiger partial charge in [0.1, 0.15) is 5.82 Å². The lowest BCUT2D eigenvalue weighted by Crippen LogP contribution is -2.56. The normalized spacial score (nSPS) is 21.5. The SMILES string of the molecule is COc1cc(C2(C(=O)O)CN(C3CC3)c3c(cc(F)c(N4CCNCC4)c3Cl)C2=O)cc(OC)c1OC. The summed E-state index contributed by atoms with van der Waals surface area (Å²) in [6.07, 6.45) is 1.63. The van der Waals surface area contributed by atoms with Gasteiger partial charge in [-0.3, -0.25) is 9.59 Å². The Balaban J connectivity index is 1.73. The summed E-state index contributed by atoms with van der Waals surface area (Å²) in [5, 5.41) is 14.0. The van der Waals surface area contributed by atoms with E-state index in [4.69, 9.17) is 25.8 Å². The molecule has 0 bridgehead atoms. The van der Waals surface area contributed by atoms with Crippen LogP contribution in [0.25, 0.3) is 0 Å². The second-order valence-corrected chi connectivity index (χ2v) is 9.84. The summed E-state index contributed by atoms with van der Waals surface area (Å²) < 4.78 is 31.9. The van der Waals surface area contributed by atoms with E-state index in [1.54, 1.807) is 0 Å². The number of rotatable bonds is 7. The van der Waals surface area contributed by atoms with E-state index >= 15 is 4.39 Å². The third kappa shape index (κ3) is 3.93. The fourth-order valence-electron chi connectivity index (χ4n) is 5.40. The number of ketones is 1. The number of carboxylic acids is 1. The Morgan fingerprint density at radius 3 is 2.22 bits per heavy atom. The van der Waals surface area contributed by atoms with Crippen molar-refractivity contribution in [2.45, 2.75) is 24.3 Å². The lowest BCUT2D eigenvalue weighted by Gasteiger charge is -2.43. The number of ether oxygens (including phenoxy) is 3. The molecule has 1 atom stereocenters. The van der Waals surface area contributed by atoms with E-state index in [1.165, 1.54) is 33.5 Å². The number of carbonyl (C=O) groups is 2. The van der Waals surface area contributed by atoms with E-state index in [1.807, 2.05) is 9.80 Å². The molecule has 2 N–H and O–H groups in total. The van der Waals surface area contributed by atoms with Gasteiger partial charge >= 0.3 is 5.97 Å². The Bertz CT molecular complexity index is 1240. The van der Waals surface area contributed by atoms with Crippen LogP contribution in [-0.4, -0.2) is 77.0 Å². The van der Waals surface area contributed by atoms with E-state index < -0.39 is 23.0 Å². The van der Waals surface area contributed by atoms with Crippen molar-refractivity contribution >= 4 is 34.7 Å². The van der Waals surface area contributed by atoms with E-state index in [2.05, 4.69) is 5.32 Å². The number of hydrogen-bond acceptors (Lipinski definition) is 8. The Morgan fingerprint density at radius 2 is 1.70 bits per heavy atom. The summed E-state index contributed by atoms with van der Waals surface area (Å²) in [5.41, 5.74) is -1.30. The lowest BCUT2D eigenvalue weighted by molar-refractivity contribution is -0.141. The Kier molecular flexibility index (Phi) is 6.57. The summed E-state index contributed by atoms with van der Waals surface area (Å²) in [5.74, 6) is -2.05. The second kappa shape index (κ2) is 9.57. The van der Waals surface area contributed by atoms with Crippen LogP contribution in [0.5, 0.6) is 17.2 Å². The first-order valence-electron chi connectivity index (χ1n) is 12.1. The molecule has 1 saturated heterocycles. The van der Waals surface area contributed by atoms with Crippen LogP contribution in [0.4, 0.5) is 15.8 Å². The number of methoxy groups -OCH3 is 3. The highest BCUT2D eigenvalue weighted by atomic mass is 35.5. The minimum absolute atomic E-state index is 0.00792. The van der Waals surface area contributed by atoms with E-state index in [0.29, 0.717) is 31.9 Å². The van der Waals surface area contributed by atoms with Gasteiger partial charge in [0.05, 0.1) is 37.7 Å². The van der Waals surface area contributed by atoms with Crippen molar-refractivity contribution in [1.82, 2.24) is 5.32 Å². The van der Waals surface area contributed by atoms with Crippen molar-refractivity contribution in [3.05, 3.63) is 40.2 Å². The molecule has 198 valence electrons. The lowest BCUT2D eigenvalue weighted by atomic mass is 9.71. The third-order valence-corrected chi connectivity index (χ3v) is 7.80. The fourth-order valence-corrected chi connectivity index (χ4v) is 5.82. The Labute approximate surface area is 219 Å². The number of halogens is 2. The molecule has 2 aromatic carbocycles. The molecule has 2 heterocycles. The number of aliphatic carboxylic acids is 1. The smallest absolute Gasteiger partial charge is 0.323 e. The van der Waals surface area contributed by atoms with Gasteiger partial charge in [0, 0.05) is 44.3 Å². The van der Waals surface area contributed by atoms with Gasteiger partial charge in [0.2, 0.25) is 5.75 Å². The zero-order valence-corrected chi connectivity index (χ0v) is 21.7. The molecule has 0 spiro atoms. The zero-order valence-electron chi connectivity index (χ0n) is 20.9. The third-order valence-electron chi connectivity index (χ3n) is 7.44. The maximum Gasteiger partial charge on any atom is 0.323 e. The average Bonchev–Trinajstić information content (AvgIpc) is 3.74. The maximum absolute atomic E-state index is 15.6. The van der Waals surface area contributed by atoms with Crippen molar-refractivity contribution in [2.24, 2.45) is 0 Å². The molecule has 0 aromatic heterocycles. The molecule has 5 rings (SSSR count). The van der Waals surface area contributed by atoms with Crippen LogP contribution in [-0.2, 0) is 10.2 Å². The van der Waals surface area contributed by atoms with Crippen molar-refractivity contribution in [3.8, 4) is 17.2 Å². The molecule has 2 aliphatic heterocycles. The number of fused-ring (bicyclic) bond motifs is 1. The molecule has 1 aliphatic carbocycles.